The molecule has 0 atom stereocenters. The number of amides is 1. The van der Waals surface area contributed by atoms with Crippen molar-refractivity contribution >= 4 is 56.6 Å². The van der Waals surface area contributed by atoms with Crippen LogP contribution in [0.2, 0.25) is 0 Å². The molecule has 10 nitrogen and oxygen atoms in total. The molecular formula is C28H19F3IN5O5. The van der Waals surface area contributed by atoms with Crippen LogP contribution in [-0.2, 0) is 7.05 Å². The van der Waals surface area contributed by atoms with Crippen LogP contribution in [0.3, 0.4) is 0 Å². The number of nitrogens with one attached hydrogen (secondary N) is 3. The van der Waals surface area contributed by atoms with E-state index in [9.17, 15) is 37.5 Å². The van der Waals surface area contributed by atoms with Gasteiger partial charge in [0.2, 0.25) is 0 Å². The third kappa shape index (κ3) is 5.04. The quantitative estimate of drug-likeness (QED) is 0.202. The lowest BCUT2D eigenvalue weighted by atomic mass is 10.1. The molecule has 0 spiro atoms. The maximum Gasteiger partial charge on any atom is 0.333 e. The van der Waals surface area contributed by atoms with Crippen LogP contribution >= 0.6 is 22.6 Å². The molecule has 214 valence electrons. The van der Waals surface area contributed by atoms with Gasteiger partial charge in [-0.3, -0.25) is 28.5 Å². The number of aromatic amines is 1. The smallest absolute Gasteiger partial charge is 0.333 e. The summed E-state index contributed by atoms with van der Waals surface area (Å²) in [6, 6.07) is 11.4. The van der Waals surface area contributed by atoms with Crippen LogP contribution in [0.25, 0.3) is 16.6 Å². The summed E-state index contributed by atoms with van der Waals surface area (Å²) in [5, 5.41) is 14.7. The van der Waals surface area contributed by atoms with Crippen molar-refractivity contribution in [1.82, 2.24) is 14.1 Å². The molecule has 4 N–H and O–H groups in total. The largest absolute Gasteiger partial charge is 0.505 e. The first-order valence-corrected chi connectivity index (χ1v) is 13.2. The number of phenolic OH excluding ortho intramolecular Hbond substituents is 1. The van der Waals surface area contributed by atoms with E-state index in [1.165, 1.54) is 50.4 Å². The number of carbonyl (C=O) groups excluding carboxylic acids is 1. The monoisotopic (exact) mass is 689 g/mol. The Balaban J connectivity index is 1.67. The summed E-state index contributed by atoms with van der Waals surface area (Å²) >= 11 is 1.94. The van der Waals surface area contributed by atoms with Crippen molar-refractivity contribution in [1.29, 1.82) is 0 Å². The SMILES string of the molecule is Cc1c(=O)n(C)c(Nc2ccc(I)cc2F)c2c(=O)[nH]c(=O)n(-c3cccc(NC(=O)c4cc(O)c(F)c(F)c4)c3)c12. The third-order valence-electron chi connectivity index (χ3n) is 6.48. The number of aryl methyl sites for hydroxylation is 1. The summed E-state index contributed by atoms with van der Waals surface area (Å²) in [4.78, 5) is 54.5. The molecular weight excluding hydrogens is 670 g/mol. The molecule has 2 aromatic heterocycles. The molecule has 2 heterocycles. The minimum Gasteiger partial charge on any atom is -0.505 e. The van der Waals surface area contributed by atoms with Crippen LogP contribution in [0.1, 0.15) is 15.9 Å². The molecule has 14 heteroatoms. The number of phenols is 1. The van der Waals surface area contributed by atoms with Gasteiger partial charge in [0, 0.05) is 27.4 Å². The van der Waals surface area contributed by atoms with Crippen molar-refractivity contribution < 1.29 is 23.1 Å². The Bertz CT molecular complexity index is 2100. The lowest BCUT2D eigenvalue weighted by molar-refractivity contribution is 0.102. The molecule has 0 aliphatic rings. The van der Waals surface area contributed by atoms with Crippen LogP contribution in [0, 0.1) is 27.9 Å². The Morgan fingerprint density at radius 2 is 1.74 bits per heavy atom. The number of H-pyrrole nitrogens is 1. The fourth-order valence-electron chi connectivity index (χ4n) is 4.48. The van der Waals surface area contributed by atoms with Crippen molar-refractivity contribution in [3.05, 3.63) is 118 Å². The van der Waals surface area contributed by atoms with E-state index in [1.54, 1.807) is 6.07 Å². The number of aromatic nitrogens is 3. The van der Waals surface area contributed by atoms with Gasteiger partial charge >= 0.3 is 5.69 Å². The number of pyridine rings is 1. The van der Waals surface area contributed by atoms with Gasteiger partial charge in [0.1, 0.15) is 17.0 Å². The van der Waals surface area contributed by atoms with Gasteiger partial charge in [-0.05, 0) is 78.0 Å². The average molecular weight is 689 g/mol. The zero-order chi connectivity index (χ0) is 30.5. The number of hydrogen-bond donors (Lipinski definition) is 4. The standard InChI is InChI=1S/C28H19F3IN5O5/c1-12-23-21(24(36(2)27(12)41)34-19-7-6-14(32)10-17(19)29)26(40)35-28(42)37(23)16-5-3-4-15(11-16)33-25(39)13-8-18(30)22(31)20(38)9-13/h3-11,34,38H,1-2H3,(H,33,39)(H,35,40,42). The number of hydrogen-bond acceptors (Lipinski definition) is 6. The molecule has 0 unspecified atom stereocenters. The second kappa shape index (κ2) is 10.8. The summed E-state index contributed by atoms with van der Waals surface area (Å²) in [5.41, 5.74) is -2.49. The summed E-state index contributed by atoms with van der Waals surface area (Å²) in [7, 11) is 1.39. The third-order valence-corrected chi connectivity index (χ3v) is 7.15. The Morgan fingerprint density at radius 3 is 2.43 bits per heavy atom. The van der Waals surface area contributed by atoms with Crippen LogP contribution in [0.15, 0.2) is 69.0 Å². The maximum absolute atomic E-state index is 14.7. The molecule has 0 bridgehead atoms. The van der Waals surface area contributed by atoms with Gasteiger partial charge in [0.05, 0.1) is 16.9 Å². The molecule has 3 aromatic carbocycles. The summed E-state index contributed by atoms with van der Waals surface area (Å²) in [5.74, 6) is -5.57. The molecule has 5 rings (SSSR count). The highest BCUT2D eigenvalue weighted by atomic mass is 127. The highest BCUT2D eigenvalue weighted by Gasteiger charge is 2.22. The lowest BCUT2D eigenvalue weighted by Gasteiger charge is -2.19. The molecule has 0 radical (unpaired) electrons. The van der Waals surface area contributed by atoms with Gasteiger partial charge < -0.3 is 15.7 Å². The fourth-order valence-corrected chi connectivity index (χ4v) is 4.93. The number of halogens is 4. The first-order valence-electron chi connectivity index (χ1n) is 12.1. The highest BCUT2D eigenvalue weighted by Crippen LogP contribution is 2.28. The van der Waals surface area contributed by atoms with E-state index in [2.05, 4.69) is 15.6 Å². The molecule has 0 aliphatic heterocycles. The topological polar surface area (TPSA) is 138 Å². The van der Waals surface area contributed by atoms with E-state index < -0.39 is 45.9 Å². The van der Waals surface area contributed by atoms with Crippen molar-refractivity contribution in [3.8, 4) is 11.4 Å². The van der Waals surface area contributed by atoms with Crippen LogP contribution < -0.4 is 27.4 Å². The molecule has 42 heavy (non-hydrogen) atoms. The van der Waals surface area contributed by atoms with Crippen molar-refractivity contribution in [2.75, 3.05) is 10.6 Å². The maximum atomic E-state index is 14.7. The number of rotatable bonds is 5. The minimum atomic E-state index is -1.50. The predicted molar refractivity (Wildman–Crippen MR) is 159 cm³/mol. The van der Waals surface area contributed by atoms with Gasteiger partial charge in [-0.15, -0.1) is 0 Å². The molecule has 5 aromatic rings. The van der Waals surface area contributed by atoms with Crippen LogP contribution in [-0.4, -0.2) is 25.1 Å². The second-order valence-electron chi connectivity index (χ2n) is 9.20. The van der Waals surface area contributed by atoms with E-state index >= 15 is 0 Å². The van der Waals surface area contributed by atoms with E-state index in [4.69, 9.17) is 0 Å². The van der Waals surface area contributed by atoms with E-state index in [-0.39, 0.29) is 44.9 Å². The normalized spacial score (nSPS) is 11.1. The number of nitrogens with zero attached hydrogens (tertiary/aromatic N) is 2. The first kappa shape index (κ1) is 28.7. The zero-order valence-corrected chi connectivity index (χ0v) is 23.8. The highest BCUT2D eigenvalue weighted by molar-refractivity contribution is 14.1. The second-order valence-corrected chi connectivity index (χ2v) is 10.4. The Hall–Kier alpha value is -4.86. The van der Waals surface area contributed by atoms with Crippen molar-refractivity contribution in [3.63, 3.8) is 0 Å². The van der Waals surface area contributed by atoms with Crippen LogP contribution in [0.5, 0.6) is 5.75 Å². The van der Waals surface area contributed by atoms with E-state index in [0.29, 0.717) is 9.64 Å². The zero-order valence-electron chi connectivity index (χ0n) is 21.7. The van der Waals surface area contributed by atoms with Gasteiger partial charge in [0.15, 0.2) is 17.4 Å². The predicted octanol–water partition coefficient (Wildman–Crippen LogP) is 4.41. The average Bonchev–Trinajstić information content (AvgIpc) is 2.93. The number of fused-ring (bicyclic) bond motifs is 1. The van der Waals surface area contributed by atoms with Gasteiger partial charge in [0.25, 0.3) is 17.0 Å². The fraction of sp³-hybridized carbons (Fsp3) is 0.0714. The summed E-state index contributed by atoms with van der Waals surface area (Å²) < 4.78 is 44.7. The number of anilines is 3. The first-order chi connectivity index (χ1) is 19.9. The minimum absolute atomic E-state index is 0.0132. The van der Waals surface area contributed by atoms with Crippen LogP contribution in [0.4, 0.5) is 30.4 Å². The molecule has 0 fully saturated rings. The lowest BCUT2D eigenvalue weighted by Crippen LogP contribution is -2.34. The number of benzene rings is 3. The summed E-state index contributed by atoms with van der Waals surface area (Å²) in [6.45, 7) is 1.43. The number of carbonyl (C=O) groups is 1. The molecule has 1 amide bonds. The molecule has 0 saturated carbocycles. The van der Waals surface area contributed by atoms with E-state index in [0.717, 1.165) is 15.2 Å². The Kier molecular flexibility index (Phi) is 7.40. The van der Waals surface area contributed by atoms with Gasteiger partial charge in [-0.25, -0.2) is 13.6 Å². The van der Waals surface area contributed by atoms with E-state index in [1.807, 2.05) is 22.6 Å². The Labute approximate surface area is 247 Å². The summed E-state index contributed by atoms with van der Waals surface area (Å²) in [6.07, 6.45) is 0. The Morgan fingerprint density at radius 1 is 1.00 bits per heavy atom. The number of aromatic hydroxyl groups is 1. The molecule has 0 saturated heterocycles. The molecule has 0 aliphatic carbocycles. The van der Waals surface area contributed by atoms with Crippen molar-refractivity contribution in [2.45, 2.75) is 6.92 Å². The van der Waals surface area contributed by atoms with Gasteiger partial charge in [-0.1, -0.05) is 6.07 Å². The van der Waals surface area contributed by atoms with Gasteiger partial charge in [-0.2, -0.15) is 4.39 Å². The van der Waals surface area contributed by atoms with Crippen molar-refractivity contribution in [2.24, 2.45) is 7.05 Å².